The molecular formula is C16H11N6OS+. The average molecular weight is 335 g/mol. The Bertz CT molecular complexity index is 1060. The maximum Gasteiger partial charge on any atom is 0.289 e. The van der Waals surface area contributed by atoms with Crippen LogP contribution in [0, 0.1) is 22.7 Å². The van der Waals surface area contributed by atoms with E-state index in [1.54, 1.807) is 30.3 Å². The molecule has 7 nitrogen and oxygen atoms in total. The van der Waals surface area contributed by atoms with Gasteiger partial charge in [-0.25, -0.2) is 4.98 Å². The zero-order valence-electron chi connectivity index (χ0n) is 12.3. The lowest BCUT2D eigenvalue weighted by Gasteiger charge is -2.05. The van der Waals surface area contributed by atoms with Crippen LogP contribution in [0.4, 0.5) is 17.2 Å². The van der Waals surface area contributed by atoms with Crippen LogP contribution in [0.2, 0.25) is 0 Å². The number of para-hydroxylation sites is 1. The molecule has 2 heterocycles. The highest BCUT2D eigenvalue weighted by Crippen LogP contribution is 2.33. The lowest BCUT2D eigenvalue weighted by Crippen LogP contribution is -2.12. The Kier molecular flexibility index (Phi) is 3.74. The molecule has 6 N–H and O–H groups in total. The maximum absolute atomic E-state index is 12.5. The van der Waals surface area contributed by atoms with Crippen LogP contribution in [0.15, 0.2) is 30.3 Å². The number of hydrogen-bond donors (Lipinski definition) is 3. The first-order valence-corrected chi connectivity index (χ1v) is 7.61. The van der Waals surface area contributed by atoms with Crippen LogP contribution in [0.1, 0.15) is 20.8 Å². The van der Waals surface area contributed by atoms with Gasteiger partial charge in [-0.1, -0.05) is 23.5 Å². The molecule has 116 valence electrons. The Morgan fingerprint density at radius 2 is 1.88 bits per heavy atom. The third-order valence-corrected chi connectivity index (χ3v) is 4.57. The molecule has 0 saturated carbocycles. The number of amides is 1. The number of rotatable bonds is 2. The van der Waals surface area contributed by atoms with Gasteiger partial charge in [0.25, 0.3) is 11.7 Å². The Morgan fingerprint density at radius 3 is 2.58 bits per heavy atom. The van der Waals surface area contributed by atoms with Gasteiger partial charge >= 0.3 is 0 Å². The summed E-state index contributed by atoms with van der Waals surface area (Å²) >= 11 is 1.13. The summed E-state index contributed by atoms with van der Waals surface area (Å²) in [7, 11) is 0. The van der Waals surface area contributed by atoms with E-state index in [1.807, 2.05) is 12.1 Å². The third kappa shape index (κ3) is 2.47. The number of aromatic amines is 1. The van der Waals surface area contributed by atoms with E-state index in [1.165, 1.54) is 0 Å². The van der Waals surface area contributed by atoms with Gasteiger partial charge in [0.2, 0.25) is 0 Å². The second kappa shape index (κ2) is 5.88. The molecular weight excluding hydrogens is 324 g/mol. The number of thiophene rings is 1. The zero-order chi connectivity index (χ0) is 17.3. The van der Waals surface area contributed by atoms with E-state index in [2.05, 4.69) is 10.3 Å². The first kappa shape index (κ1) is 15.3. The topological polar surface area (TPSA) is 143 Å². The summed E-state index contributed by atoms with van der Waals surface area (Å²) in [4.78, 5) is 16.3. The van der Waals surface area contributed by atoms with E-state index in [4.69, 9.17) is 22.0 Å². The smallest absolute Gasteiger partial charge is 0.289 e. The van der Waals surface area contributed by atoms with E-state index in [-0.39, 0.29) is 21.9 Å². The monoisotopic (exact) mass is 335 g/mol. The number of hydrogen-bond acceptors (Lipinski definition) is 6. The first-order valence-electron chi connectivity index (χ1n) is 6.79. The molecule has 0 unspecified atom stereocenters. The maximum atomic E-state index is 12.5. The highest BCUT2D eigenvalue weighted by Gasteiger charge is 2.21. The van der Waals surface area contributed by atoms with Crippen molar-refractivity contribution in [2.45, 2.75) is 0 Å². The number of nitrogens with one attached hydrogen (secondary N) is 2. The molecule has 1 amide bonds. The largest absolute Gasteiger partial charge is 0.397 e. The van der Waals surface area contributed by atoms with Crippen LogP contribution in [0.3, 0.4) is 0 Å². The van der Waals surface area contributed by atoms with Gasteiger partial charge in [-0.2, -0.15) is 10.5 Å². The van der Waals surface area contributed by atoms with Gasteiger partial charge in [0.05, 0.1) is 22.3 Å². The number of nitrogens with two attached hydrogens (primary N) is 2. The molecule has 0 spiro atoms. The van der Waals surface area contributed by atoms with Gasteiger partial charge in [-0.05, 0) is 18.2 Å². The molecule has 3 rings (SSSR count). The average Bonchev–Trinajstić information content (AvgIpc) is 2.90. The zero-order valence-corrected chi connectivity index (χ0v) is 13.1. The fraction of sp³-hybridized carbons (Fsp3) is 0. The van der Waals surface area contributed by atoms with Gasteiger partial charge in [-0.15, -0.1) is 0 Å². The molecule has 0 bridgehead atoms. The minimum absolute atomic E-state index is 0.216. The molecule has 0 fully saturated rings. The molecule has 3 aromatic rings. The molecule has 0 aliphatic heterocycles. The summed E-state index contributed by atoms with van der Waals surface area (Å²) in [5.41, 5.74) is 13.1. The Morgan fingerprint density at radius 1 is 1.17 bits per heavy atom. The Labute approximate surface area is 140 Å². The minimum Gasteiger partial charge on any atom is -0.397 e. The fourth-order valence-electron chi connectivity index (χ4n) is 2.23. The van der Waals surface area contributed by atoms with Crippen molar-refractivity contribution in [3.8, 4) is 12.1 Å². The normalized spacial score (nSPS) is 10.1. The number of pyridine rings is 1. The summed E-state index contributed by atoms with van der Waals surface area (Å²) < 4.78 is 0. The number of anilines is 3. The predicted molar refractivity (Wildman–Crippen MR) is 91.0 cm³/mol. The minimum atomic E-state index is -0.429. The first-order chi connectivity index (χ1) is 11.5. The van der Waals surface area contributed by atoms with E-state index < -0.39 is 5.91 Å². The molecule has 24 heavy (non-hydrogen) atoms. The highest BCUT2D eigenvalue weighted by molar-refractivity contribution is 7.20. The van der Waals surface area contributed by atoms with Gasteiger partial charge in [0.1, 0.15) is 22.6 Å². The van der Waals surface area contributed by atoms with Crippen LogP contribution in [0.25, 0.3) is 10.2 Å². The van der Waals surface area contributed by atoms with Gasteiger partial charge in [0.15, 0.2) is 4.83 Å². The molecule has 0 radical (unpaired) electrons. The lowest BCUT2D eigenvalue weighted by atomic mass is 10.2. The van der Waals surface area contributed by atoms with Crippen molar-refractivity contribution in [2.75, 3.05) is 16.8 Å². The Hall–Kier alpha value is -3.62. The number of nitrogens with zero attached hydrogens (tertiary/aromatic N) is 2. The number of benzene rings is 1. The predicted octanol–water partition coefficient (Wildman–Crippen LogP) is 1.88. The van der Waals surface area contributed by atoms with Crippen LogP contribution in [-0.4, -0.2) is 5.91 Å². The van der Waals surface area contributed by atoms with E-state index in [9.17, 15) is 4.79 Å². The number of carbonyl (C=O) groups excluding carboxylic acids is 1. The Balaban J connectivity index is 2.03. The molecule has 2 aromatic heterocycles. The van der Waals surface area contributed by atoms with Crippen molar-refractivity contribution >= 4 is 44.7 Å². The molecule has 0 atom stereocenters. The second-order valence-electron chi connectivity index (χ2n) is 4.91. The van der Waals surface area contributed by atoms with Crippen LogP contribution < -0.4 is 21.8 Å². The van der Waals surface area contributed by atoms with Crippen molar-refractivity contribution < 1.29 is 9.78 Å². The number of nitrogen functional groups attached to an aromatic ring is 2. The number of carbonyl (C=O) groups is 1. The van der Waals surface area contributed by atoms with Crippen LogP contribution >= 0.6 is 11.3 Å². The fourth-order valence-corrected chi connectivity index (χ4v) is 3.24. The van der Waals surface area contributed by atoms with Gasteiger partial charge in [0, 0.05) is 0 Å². The van der Waals surface area contributed by atoms with Crippen molar-refractivity contribution in [3.05, 3.63) is 46.3 Å². The van der Waals surface area contributed by atoms with Gasteiger partial charge in [-0.3, -0.25) is 10.5 Å². The van der Waals surface area contributed by atoms with E-state index in [0.717, 1.165) is 11.3 Å². The van der Waals surface area contributed by atoms with Crippen molar-refractivity contribution in [1.29, 1.82) is 10.5 Å². The van der Waals surface area contributed by atoms with Crippen LogP contribution in [-0.2, 0) is 0 Å². The number of aromatic nitrogens is 1. The quantitative estimate of drug-likeness (QED) is 0.655. The SMILES string of the molecule is N#Cc1ccccc1NC(=O)c1sc2[nH+]c(N)c(C#N)cc2c1N. The summed E-state index contributed by atoms with van der Waals surface area (Å²) in [5, 5.41) is 21.4. The second-order valence-corrected chi connectivity index (χ2v) is 5.93. The summed E-state index contributed by atoms with van der Waals surface area (Å²) in [6.07, 6.45) is 0. The highest BCUT2D eigenvalue weighted by atomic mass is 32.1. The van der Waals surface area contributed by atoms with Crippen LogP contribution in [0.5, 0.6) is 0 Å². The number of fused-ring (bicyclic) bond motifs is 1. The molecule has 0 aliphatic carbocycles. The third-order valence-electron chi connectivity index (χ3n) is 3.43. The standard InChI is InChI=1S/C16H10N6OS/c17-6-8-3-1-2-4-11(8)21-15(23)13-12(19)10-5-9(7-18)14(20)22-16(10)24-13/h1-5H,19H2,(H2,20,22)(H,21,23)/p+1. The van der Waals surface area contributed by atoms with E-state index in [0.29, 0.717) is 21.5 Å². The van der Waals surface area contributed by atoms with Crippen molar-refractivity contribution in [1.82, 2.24) is 0 Å². The summed E-state index contributed by atoms with van der Waals surface area (Å²) in [6.45, 7) is 0. The van der Waals surface area contributed by atoms with Crippen molar-refractivity contribution in [2.24, 2.45) is 0 Å². The molecule has 0 aliphatic rings. The summed E-state index contributed by atoms with van der Waals surface area (Å²) in [5.74, 6) is -0.213. The lowest BCUT2D eigenvalue weighted by molar-refractivity contribution is -0.323. The van der Waals surface area contributed by atoms with Gasteiger partial charge < -0.3 is 11.1 Å². The number of nitriles is 2. The molecule has 1 aromatic carbocycles. The van der Waals surface area contributed by atoms with E-state index >= 15 is 0 Å². The number of H-pyrrole nitrogens is 1. The van der Waals surface area contributed by atoms with Crippen molar-refractivity contribution in [3.63, 3.8) is 0 Å². The summed E-state index contributed by atoms with van der Waals surface area (Å²) in [6, 6.07) is 12.2. The molecule has 8 heteroatoms. The molecule has 0 saturated heterocycles.